The number of likely N-dealkylation sites (tertiary alicyclic amines) is 1. The van der Waals surface area contributed by atoms with E-state index >= 15 is 0 Å². The van der Waals surface area contributed by atoms with Gasteiger partial charge in [-0.25, -0.2) is 0 Å². The van der Waals surface area contributed by atoms with Crippen molar-refractivity contribution in [3.8, 4) is 5.75 Å². The number of ether oxygens (including phenoxy) is 1. The molecular weight excluding hydrogens is 412 g/mol. The average molecular weight is 447 g/mol. The maximum Gasteiger partial charge on any atom is 0.123 e. The minimum Gasteiger partial charge on any atom is -0.496 e. The van der Waals surface area contributed by atoms with Crippen LogP contribution in [-0.2, 0) is 6.54 Å². The molecule has 3 unspecified atom stereocenters. The maximum absolute atomic E-state index is 10.1. The first-order valence-corrected chi connectivity index (χ1v) is 11.6. The van der Waals surface area contributed by atoms with Gasteiger partial charge in [-0.15, -0.1) is 0 Å². The third kappa shape index (κ3) is 7.19. The normalized spacial score (nSPS) is 19.2. The summed E-state index contributed by atoms with van der Waals surface area (Å²) in [6.07, 6.45) is 4.33. The molecule has 3 rings (SSSR count). The number of nitrogens with zero attached hydrogens (tertiary/aromatic N) is 1. The Morgan fingerprint density at radius 3 is 2.74 bits per heavy atom. The van der Waals surface area contributed by atoms with Crippen molar-refractivity contribution in [2.45, 2.75) is 56.8 Å². The molecule has 0 aliphatic carbocycles. The van der Waals surface area contributed by atoms with E-state index in [0.717, 1.165) is 30.8 Å². The fourth-order valence-electron chi connectivity index (χ4n) is 4.48. The minimum atomic E-state index is -0.731. The van der Waals surface area contributed by atoms with E-state index in [1.165, 1.54) is 24.8 Å². The van der Waals surface area contributed by atoms with E-state index in [0.29, 0.717) is 24.0 Å². The third-order valence-electron chi connectivity index (χ3n) is 6.15. The van der Waals surface area contributed by atoms with Gasteiger partial charge in [-0.1, -0.05) is 48.4 Å². The first-order chi connectivity index (χ1) is 15.1. The van der Waals surface area contributed by atoms with Crippen molar-refractivity contribution in [2.24, 2.45) is 0 Å². The van der Waals surface area contributed by atoms with E-state index in [9.17, 15) is 10.2 Å². The van der Waals surface area contributed by atoms with Gasteiger partial charge in [0.25, 0.3) is 0 Å². The summed E-state index contributed by atoms with van der Waals surface area (Å²) in [5.41, 5.74) is 2.37. The molecule has 170 valence electrons. The van der Waals surface area contributed by atoms with Crippen molar-refractivity contribution in [1.29, 1.82) is 0 Å². The summed E-state index contributed by atoms with van der Waals surface area (Å²) in [4.78, 5) is 2.57. The molecule has 6 heteroatoms. The second-order valence-corrected chi connectivity index (χ2v) is 8.79. The monoisotopic (exact) mass is 446 g/mol. The van der Waals surface area contributed by atoms with Crippen LogP contribution >= 0.6 is 11.6 Å². The van der Waals surface area contributed by atoms with E-state index < -0.39 is 6.10 Å². The molecule has 1 heterocycles. The van der Waals surface area contributed by atoms with Crippen LogP contribution in [0.1, 0.15) is 49.3 Å². The third-order valence-corrected chi connectivity index (χ3v) is 6.39. The van der Waals surface area contributed by atoms with Crippen LogP contribution < -0.4 is 10.1 Å². The van der Waals surface area contributed by atoms with Crippen LogP contribution in [0.15, 0.2) is 48.5 Å². The van der Waals surface area contributed by atoms with Gasteiger partial charge >= 0.3 is 0 Å². The van der Waals surface area contributed by atoms with Gasteiger partial charge in [0, 0.05) is 35.8 Å². The zero-order chi connectivity index (χ0) is 22.1. The van der Waals surface area contributed by atoms with Crippen LogP contribution in [0.2, 0.25) is 5.02 Å². The summed E-state index contributed by atoms with van der Waals surface area (Å²) in [5, 5.41) is 23.7. The molecule has 1 aliphatic heterocycles. The fraction of sp³-hybridized carbons (Fsp3) is 0.520. The van der Waals surface area contributed by atoms with Gasteiger partial charge in [-0.3, -0.25) is 4.90 Å². The Kier molecular flexibility index (Phi) is 9.62. The Morgan fingerprint density at radius 1 is 1.19 bits per heavy atom. The molecule has 3 N–H and O–H groups in total. The summed E-state index contributed by atoms with van der Waals surface area (Å²) in [5.74, 6) is 0.790. The fourth-order valence-corrected chi connectivity index (χ4v) is 4.67. The molecular formula is C25H35ClN2O3. The lowest BCUT2D eigenvalue weighted by molar-refractivity contribution is 0.0735. The Bertz CT molecular complexity index is 790. The van der Waals surface area contributed by atoms with E-state index in [1.807, 2.05) is 18.2 Å². The van der Waals surface area contributed by atoms with Crippen molar-refractivity contribution in [1.82, 2.24) is 10.2 Å². The number of piperidine rings is 1. The van der Waals surface area contributed by atoms with Crippen LogP contribution in [-0.4, -0.2) is 54.1 Å². The summed E-state index contributed by atoms with van der Waals surface area (Å²) in [6, 6.07) is 16.9. The van der Waals surface area contributed by atoms with Gasteiger partial charge in [0.15, 0.2) is 0 Å². The first-order valence-electron chi connectivity index (χ1n) is 11.2. The number of rotatable bonds is 11. The Morgan fingerprint density at radius 2 is 2.00 bits per heavy atom. The number of benzene rings is 2. The number of nitrogens with one attached hydrogen (secondary N) is 1. The molecule has 2 aromatic carbocycles. The summed E-state index contributed by atoms with van der Waals surface area (Å²) < 4.78 is 5.46. The topological polar surface area (TPSA) is 65.0 Å². The largest absolute Gasteiger partial charge is 0.496 e. The highest BCUT2D eigenvalue weighted by atomic mass is 35.5. The summed E-state index contributed by atoms with van der Waals surface area (Å²) >= 11 is 6.17. The number of halogens is 1. The van der Waals surface area contributed by atoms with Crippen molar-refractivity contribution in [3.63, 3.8) is 0 Å². The van der Waals surface area contributed by atoms with Crippen molar-refractivity contribution in [2.75, 3.05) is 26.8 Å². The standard InChI is InChI=1S/C25H35ClN2O3/c1-31-25-11-10-21(26)15-20(25)17-27-22(16-23(30)18-29)12-14-28-13-6-5-9-24(28)19-7-3-2-4-8-19/h2-4,7-8,10-11,15,22-24,27,29-30H,5-6,9,12-14,16-18H2,1H3. The van der Waals surface area contributed by atoms with Gasteiger partial charge in [0.05, 0.1) is 19.8 Å². The molecule has 31 heavy (non-hydrogen) atoms. The Balaban J connectivity index is 1.64. The van der Waals surface area contributed by atoms with Gasteiger partial charge in [-0.05, 0) is 56.0 Å². The van der Waals surface area contributed by atoms with Crippen LogP contribution in [0, 0.1) is 0 Å². The highest BCUT2D eigenvalue weighted by Crippen LogP contribution is 2.31. The minimum absolute atomic E-state index is 0.0733. The first kappa shape index (κ1) is 24.0. The lowest BCUT2D eigenvalue weighted by Crippen LogP contribution is -2.40. The summed E-state index contributed by atoms with van der Waals surface area (Å²) in [6.45, 7) is 2.41. The number of methoxy groups -OCH3 is 1. The van der Waals surface area contributed by atoms with Crippen LogP contribution in [0.5, 0.6) is 5.75 Å². The molecule has 0 saturated carbocycles. The zero-order valence-corrected chi connectivity index (χ0v) is 19.1. The average Bonchev–Trinajstić information content (AvgIpc) is 2.81. The molecule has 1 aliphatic rings. The second kappa shape index (κ2) is 12.4. The molecule has 0 aromatic heterocycles. The molecule has 2 aromatic rings. The highest BCUT2D eigenvalue weighted by molar-refractivity contribution is 6.30. The van der Waals surface area contributed by atoms with Crippen LogP contribution in [0.25, 0.3) is 0 Å². The van der Waals surface area contributed by atoms with Gasteiger partial charge in [-0.2, -0.15) is 0 Å². The van der Waals surface area contributed by atoms with Gasteiger partial charge < -0.3 is 20.3 Å². The lowest BCUT2D eigenvalue weighted by Gasteiger charge is -2.37. The molecule has 0 amide bonds. The van der Waals surface area contributed by atoms with E-state index in [4.69, 9.17) is 16.3 Å². The number of aliphatic hydroxyl groups is 2. The Hall–Kier alpha value is -1.63. The second-order valence-electron chi connectivity index (χ2n) is 8.35. The van der Waals surface area contributed by atoms with E-state index in [2.05, 4.69) is 40.5 Å². The van der Waals surface area contributed by atoms with E-state index in [-0.39, 0.29) is 12.6 Å². The maximum atomic E-state index is 10.1. The number of aliphatic hydroxyl groups excluding tert-OH is 2. The molecule has 5 nitrogen and oxygen atoms in total. The predicted octanol–water partition coefficient (Wildman–Crippen LogP) is 4.17. The predicted molar refractivity (Wildman–Crippen MR) is 126 cm³/mol. The molecule has 0 radical (unpaired) electrons. The van der Waals surface area contributed by atoms with Crippen LogP contribution in [0.4, 0.5) is 0 Å². The molecule has 0 spiro atoms. The van der Waals surface area contributed by atoms with E-state index in [1.54, 1.807) is 7.11 Å². The highest BCUT2D eigenvalue weighted by Gasteiger charge is 2.25. The molecule has 3 atom stereocenters. The molecule has 1 saturated heterocycles. The quantitative estimate of drug-likeness (QED) is 0.483. The number of hydrogen-bond acceptors (Lipinski definition) is 5. The van der Waals surface area contributed by atoms with Crippen molar-refractivity contribution >= 4 is 11.6 Å². The number of hydrogen-bond donors (Lipinski definition) is 3. The molecule has 0 bridgehead atoms. The van der Waals surface area contributed by atoms with Crippen molar-refractivity contribution in [3.05, 3.63) is 64.7 Å². The lowest BCUT2D eigenvalue weighted by atomic mass is 9.94. The van der Waals surface area contributed by atoms with Crippen molar-refractivity contribution < 1.29 is 14.9 Å². The SMILES string of the molecule is COc1ccc(Cl)cc1CNC(CCN1CCCCC1c1ccccc1)CC(O)CO. The van der Waals surface area contributed by atoms with Crippen LogP contribution in [0.3, 0.4) is 0 Å². The smallest absolute Gasteiger partial charge is 0.123 e. The molecule has 1 fully saturated rings. The Labute approximate surface area is 191 Å². The van der Waals surface area contributed by atoms with Gasteiger partial charge in [0.1, 0.15) is 5.75 Å². The summed E-state index contributed by atoms with van der Waals surface area (Å²) in [7, 11) is 1.65. The zero-order valence-electron chi connectivity index (χ0n) is 18.3. The van der Waals surface area contributed by atoms with Gasteiger partial charge in [0.2, 0.25) is 0 Å².